The van der Waals surface area contributed by atoms with Crippen molar-refractivity contribution >= 4 is 22.8 Å². The molecule has 0 spiro atoms. The lowest BCUT2D eigenvalue weighted by atomic mass is 10.1. The lowest BCUT2D eigenvalue weighted by molar-refractivity contribution is 0.146. The van der Waals surface area contributed by atoms with Gasteiger partial charge >= 0.3 is 0 Å². The molecule has 0 saturated carbocycles. The Hall–Kier alpha value is -2.90. The Labute approximate surface area is 163 Å². The first-order valence-corrected chi connectivity index (χ1v) is 9.62. The van der Waals surface area contributed by atoms with Crippen LogP contribution in [0.3, 0.4) is 0 Å². The summed E-state index contributed by atoms with van der Waals surface area (Å²) < 4.78 is 7.61. The van der Waals surface area contributed by atoms with E-state index in [9.17, 15) is 0 Å². The molecule has 1 fully saturated rings. The third-order valence-corrected chi connectivity index (χ3v) is 5.62. The second kappa shape index (κ2) is 6.61. The summed E-state index contributed by atoms with van der Waals surface area (Å²) >= 11 is 0. The van der Waals surface area contributed by atoms with Gasteiger partial charge in [-0.3, -0.25) is 4.90 Å². The Kier molecular flexibility index (Phi) is 4.07. The molecule has 7 heteroatoms. The molecule has 3 aromatic heterocycles. The first-order chi connectivity index (χ1) is 13.6. The topological polar surface area (TPSA) is 75.8 Å². The fourth-order valence-corrected chi connectivity index (χ4v) is 3.91. The number of rotatable bonds is 3. The Morgan fingerprint density at radius 2 is 1.82 bits per heavy atom. The van der Waals surface area contributed by atoms with Crippen molar-refractivity contribution in [3.05, 3.63) is 47.9 Å². The first kappa shape index (κ1) is 17.2. The van der Waals surface area contributed by atoms with E-state index < -0.39 is 0 Å². The molecule has 4 aromatic rings. The number of nitrogen functional groups attached to an aromatic ring is 1. The largest absolute Gasteiger partial charge is 0.424 e. The molecule has 7 nitrogen and oxygen atoms in total. The van der Waals surface area contributed by atoms with Gasteiger partial charge in [-0.25, -0.2) is 4.98 Å². The van der Waals surface area contributed by atoms with E-state index in [1.807, 2.05) is 18.2 Å². The fourth-order valence-electron chi connectivity index (χ4n) is 3.91. The number of nitrogens with two attached hydrogens (primary N) is 1. The van der Waals surface area contributed by atoms with E-state index in [1.165, 1.54) is 5.69 Å². The Morgan fingerprint density at radius 1 is 1.04 bits per heavy atom. The second-order valence-corrected chi connectivity index (χ2v) is 7.60. The highest BCUT2D eigenvalue weighted by Crippen LogP contribution is 2.27. The van der Waals surface area contributed by atoms with E-state index in [0.717, 1.165) is 60.7 Å². The summed E-state index contributed by atoms with van der Waals surface area (Å²) in [6.45, 7) is 7.43. The molecule has 144 valence electrons. The summed E-state index contributed by atoms with van der Waals surface area (Å²) in [5.74, 6) is 0. The van der Waals surface area contributed by atoms with Gasteiger partial charge in [-0.05, 0) is 49.4 Å². The van der Waals surface area contributed by atoms with Gasteiger partial charge in [0.05, 0.1) is 11.4 Å². The molecule has 0 bridgehead atoms. The molecular formula is C21H24N6O. The van der Waals surface area contributed by atoms with Crippen LogP contribution in [-0.4, -0.2) is 57.4 Å². The van der Waals surface area contributed by atoms with Gasteiger partial charge < -0.3 is 19.5 Å². The number of pyridine rings is 1. The number of aromatic nitrogens is 3. The minimum absolute atomic E-state index is 0.197. The van der Waals surface area contributed by atoms with Crippen molar-refractivity contribution in [2.24, 2.45) is 0 Å². The highest BCUT2D eigenvalue weighted by atomic mass is 16.4. The van der Waals surface area contributed by atoms with Crippen LogP contribution in [0.2, 0.25) is 0 Å². The molecule has 0 unspecified atom stereocenters. The lowest BCUT2D eigenvalue weighted by Gasteiger charge is -2.32. The standard InChI is InChI=1S/C21H24N6O/c1-14-18(13-26-9-7-25(2)8-10-26)27-12-16(4-6-20(27)23-14)15-3-5-19-17(11-15)24-21(22)28-19/h3-6,11-12H,7-10,13H2,1-2H3,(H2,22,24). The van der Waals surface area contributed by atoms with Gasteiger partial charge in [0.2, 0.25) is 0 Å². The molecule has 0 aliphatic carbocycles. The highest BCUT2D eigenvalue weighted by Gasteiger charge is 2.18. The number of fused-ring (bicyclic) bond motifs is 2. The fraction of sp³-hybridized carbons (Fsp3) is 0.333. The average Bonchev–Trinajstić information content (AvgIpc) is 3.21. The molecule has 1 aliphatic heterocycles. The molecule has 0 atom stereocenters. The zero-order valence-electron chi connectivity index (χ0n) is 16.2. The van der Waals surface area contributed by atoms with Gasteiger partial charge in [0.15, 0.2) is 5.58 Å². The van der Waals surface area contributed by atoms with Crippen molar-refractivity contribution < 1.29 is 4.42 Å². The van der Waals surface area contributed by atoms with E-state index in [0.29, 0.717) is 5.58 Å². The number of benzene rings is 1. The molecule has 5 rings (SSSR count). The summed E-state index contributed by atoms with van der Waals surface area (Å²) in [5.41, 5.74) is 12.7. The van der Waals surface area contributed by atoms with Crippen molar-refractivity contribution in [2.45, 2.75) is 13.5 Å². The zero-order chi connectivity index (χ0) is 19.3. The summed E-state index contributed by atoms with van der Waals surface area (Å²) in [5, 5.41) is 0. The highest BCUT2D eigenvalue weighted by molar-refractivity contribution is 5.81. The van der Waals surface area contributed by atoms with Crippen molar-refractivity contribution in [2.75, 3.05) is 39.0 Å². The molecule has 0 amide bonds. The van der Waals surface area contributed by atoms with Crippen LogP contribution in [-0.2, 0) is 6.54 Å². The number of nitrogens with zero attached hydrogens (tertiary/aromatic N) is 5. The van der Waals surface area contributed by atoms with Crippen LogP contribution >= 0.6 is 0 Å². The Balaban J connectivity index is 1.52. The number of likely N-dealkylation sites (N-methyl/N-ethyl adjacent to an activating group) is 1. The minimum atomic E-state index is 0.197. The smallest absolute Gasteiger partial charge is 0.292 e. The van der Waals surface area contributed by atoms with Gasteiger partial charge in [0, 0.05) is 38.9 Å². The summed E-state index contributed by atoms with van der Waals surface area (Å²) in [6.07, 6.45) is 2.17. The van der Waals surface area contributed by atoms with E-state index in [4.69, 9.17) is 15.1 Å². The predicted molar refractivity (Wildman–Crippen MR) is 110 cm³/mol. The normalized spacial score (nSPS) is 16.4. The molecule has 1 aromatic carbocycles. The van der Waals surface area contributed by atoms with Crippen LogP contribution in [0, 0.1) is 6.92 Å². The van der Waals surface area contributed by atoms with Gasteiger partial charge in [-0.15, -0.1) is 0 Å². The summed E-state index contributed by atoms with van der Waals surface area (Å²) in [6, 6.07) is 10.4. The number of oxazole rings is 1. The number of piperazine rings is 1. The molecule has 2 N–H and O–H groups in total. The molecule has 0 radical (unpaired) electrons. The van der Waals surface area contributed by atoms with Gasteiger partial charge in [-0.1, -0.05) is 6.07 Å². The molecular weight excluding hydrogens is 352 g/mol. The van der Waals surface area contributed by atoms with Crippen molar-refractivity contribution in [1.82, 2.24) is 24.2 Å². The average molecular weight is 376 g/mol. The van der Waals surface area contributed by atoms with Gasteiger partial charge in [-0.2, -0.15) is 4.98 Å². The maximum absolute atomic E-state index is 5.68. The molecule has 1 aliphatic rings. The zero-order valence-corrected chi connectivity index (χ0v) is 16.2. The van der Waals surface area contributed by atoms with Gasteiger partial charge in [0.1, 0.15) is 11.2 Å². The van der Waals surface area contributed by atoms with Crippen molar-refractivity contribution in [3.8, 4) is 11.1 Å². The Bertz CT molecular complexity index is 1150. The van der Waals surface area contributed by atoms with E-state index >= 15 is 0 Å². The third-order valence-electron chi connectivity index (χ3n) is 5.62. The van der Waals surface area contributed by atoms with Crippen LogP contribution in [0.4, 0.5) is 6.01 Å². The lowest BCUT2D eigenvalue weighted by Crippen LogP contribution is -2.44. The molecule has 4 heterocycles. The summed E-state index contributed by atoms with van der Waals surface area (Å²) in [4.78, 5) is 13.9. The number of hydrogen-bond acceptors (Lipinski definition) is 6. The monoisotopic (exact) mass is 376 g/mol. The van der Waals surface area contributed by atoms with E-state index in [-0.39, 0.29) is 6.01 Å². The first-order valence-electron chi connectivity index (χ1n) is 9.62. The van der Waals surface area contributed by atoms with E-state index in [1.54, 1.807) is 0 Å². The van der Waals surface area contributed by atoms with Crippen molar-refractivity contribution in [1.29, 1.82) is 0 Å². The SMILES string of the molecule is Cc1nc2ccc(-c3ccc4oc(N)nc4c3)cn2c1CN1CCN(C)CC1. The maximum atomic E-state index is 5.68. The Morgan fingerprint density at radius 3 is 2.64 bits per heavy atom. The minimum Gasteiger partial charge on any atom is -0.424 e. The predicted octanol–water partition coefficient (Wildman–Crippen LogP) is 2.78. The number of imidazole rings is 1. The van der Waals surface area contributed by atoms with Gasteiger partial charge in [0.25, 0.3) is 6.01 Å². The van der Waals surface area contributed by atoms with Crippen LogP contribution < -0.4 is 5.73 Å². The quantitative estimate of drug-likeness (QED) is 0.593. The maximum Gasteiger partial charge on any atom is 0.292 e. The van der Waals surface area contributed by atoms with Crippen LogP contribution in [0.25, 0.3) is 27.9 Å². The van der Waals surface area contributed by atoms with Crippen LogP contribution in [0.5, 0.6) is 0 Å². The van der Waals surface area contributed by atoms with Crippen LogP contribution in [0.1, 0.15) is 11.4 Å². The number of hydrogen-bond donors (Lipinski definition) is 1. The van der Waals surface area contributed by atoms with E-state index in [2.05, 4.69) is 51.5 Å². The number of aryl methyl sites for hydroxylation is 1. The molecule has 1 saturated heterocycles. The number of anilines is 1. The summed E-state index contributed by atoms with van der Waals surface area (Å²) in [7, 11) is 2.18. The molecule has 28 heavy (non-hydrogen) atoms. The van der Waals surface area contributed by atoms with Crippen LogP contribution in [0.15, 0.2) is 40.9 Å². The van der Waals surface area contributed by atoms with Crippen molar-refractivity contribution in [3.63, 3.8) is 0 Å². The third kappa shape index (κ3) is 3.02. The second-order valence-electron chi connectivity index (χ2n) is 7.60.